The van der Waals surface area contributed by atoms with E-state index in [1.54, 1.807) is 6.07 Å². The number of para-hydroxylation sites is 1. The minimum absolute atomic E-state index is 0. The molecule has 10 rings (SSSR count). The number of aromatic hydroxyl groups is 1. The van der Waals surface area contributed by atoms with Gasteiger partial charge in [-0.2, -0.15) is 0 Å². The minimum atomic E-state index is -3.85. The van der Waals surface area contributed by atoms with Gasteiger partial charge in [0.05, 0.1) is 27.8 Å². The van der Waals surface area contributed by atoms with Crippen LogP contribution in [0.1, 0.15) is 131 Å². The van der Waals surface area contributed by atoms with Gasteiger partial charge >= 0.3 is 0 Å². The standard InChI is InChI=1S/C69H66N3O.Pt/c1-43(2)51-39-58(44(3)4)66(73)61(40-51)67-71-65-57(53-36-52(46-19-14-12-15-20-46)37-54(38-53)62-41-50(33-34-70-62)47-25-29-55(30-26-47)68(6,7)8)23-18-24-63(65)72(67)64-35-45(5)59(48-21-16-13-17-22-48)42-60(64)49-27-31-56(32-28-49)69(9,10)11;/h12-37,39-44,73H,1-11H3;/q-1;/i5D3,6D3,7D3,8D3,25D,26D,29D,30D;. The molecule has 374 valence electrons. The van der Waals surface area contributed by atoms with Gasteiger partial charge in [-0.25, -0.2) is 4.98 Å². The van der Waals surface area contributed by atoms with Crippen LogP contribution in [0.3, 0.4) is 0 Å². The van der Waals surface area contributed by atoms with Crippen molar-refractivity contribution in [3.8, 4) is 89.7 Å². The molecule has 0 aliphatic rings. The number of hydrogen-bond donors (Lipinski definition) is 1. The Kier molecular flexibility index (Phi) is 9.80. The van der Waals surface area contributed by atoms with Crippen molar-refractivity contribution in [2.24, 2.45) is 0 Å². The Hall–Kier alpha value is -7.13. The first kappa shape index (κ1) is 35.1. The average molecular weight is 1160 g/mol. The Morgan fingerprint density at radius 1 is 0.568 bits per heavy atom. The quantitative estimate of drug-likeness (QED) is 0.139. The largest absolute Gasteiger partial charge is 0.507 e. The Morgan fingerprint density at radius 2 is 1.24 bits per heavy atom. The maximum Gasteiger partial charge on any atom is 0.148 e. The van der Waals surface area contributed by atoms with E-state index in [9.17, 15) is 7.85 Å². The topological polar surface area (TPSA) is 50.9 Å². The number of hydrogen-bond acceptors (Lipinski definition) is 3. The molecule has 0 radical (unpaired) electrons. The normalized spacial score (nSPS) is 15.7. The molecule has 0 unspecified atom stereocenters. The summed E-state index contributed by atoms with van der Waals surface area (Å²) >= 11 is 0. The fourth-order valence-corrected chi connectivity index (χ4v) is 9.40. The van der Waals surface area contributed by atoms with Crippen LogP contribution in [-0.2, 0) is 31.9 Å². The third-order valence-electron chi connectivity index (χ3n) is 13.5. The number of aryl methyl sites for hydroxylation is 1. The number of aromatic nitrogens is 3. The molecule has 10 aromatic rings. The zero-order chi connectivity index (χ0) is 64.8. The second-order valence-corrected chi connectivity index (χ2v) is 20.4. The van der Waals surface area contributed by atoms with Gasteiger partial charge in [0.25, 0.3) is 0 Å². The fourth-order valence-electron chi connectivity index (χ4n) is 9.40. The summed E-state index contributed by atoms with van der Waals surface area (Å²) in [6.07, 6.45) is 1.38. The Morgan fingerprint density at radius 3 is 1.89 bits per heavy atom. The first-order valence-electron chi connectivity index (χ1n) is 32.5. The monoisotopic (exact) mass is 1160 g/mol. The van der Waals surface area contributed by atoms with Crippen molar-refractivity contribution in [2.75, 3.05) is 0 Å². The summed E-state index contributed by atoms with van der Waals surface area (Å²) in [5, 5.41) is 12.6. The second-order valence-electron chi connectivity index (χ2n) is 20.4. The molecule has 0 aliphatic carbocycles. The Bertz CT molecular complexity index is 4290. The molecule has 0 aliphatic heterocycles. The summed E-state index contributed by atoms with van der Waals surface area (Å²) in [6, 6.07) is 46.8. The van der Waals surface area contributed by atoms with E-state index in [4.69, 9.17) is 29.2 Å². The third-order valence-corrected chi connectivity index (χ3v) is 13.5. The van der Waals surface area contributed by atoms with Crippen LogP contribution < -0.4 is 0 Å². The number of fused-ring (bicyclic) bond motifs is 1. The summed E-state index contributed by atoms with van der Waals surface area (Å²) in [5.74, 6) is 0.262. The number of nitrogens with zero attached hydrogens (tertiary/aromatic N) is 3. The summed E-state index contributed by atoms with van der Waals surface area (Å²) in [7, 11) is 0. The summed E-state index contributed by atoms with van der Waals surface area (Å²) in [4.78, 5) is 10.3. The Labute approximate surface area is 476 Å². The van der Waals surface area contributed by atoms with Gasteiger partial charge in [-0.1, -0.05) is 219 Å². The second kappa shape index (κ2) is 20.6. The first-order chi connectivity index (χ1) is 41.6. The van der Waals surface area contributed by atoms with Gasteiger partial charge in [-0.15, -0.1) is 23.8 Å². The smallest absolute Gasteiger partial charge is 0.148 e. The molecule has 2 aromatic heterocycles. The number of imidazole rings is 1. The molecular weight excluding hydrogens is 1080 g/mol. The number of phenols is 1. The molecule has 0 fully saturated rings. The molecular formula is C69H66N3OPt-. The molecule has 74 heavy (non-hydrogen) atoms. The van der Waals surface area contributed by atoms with E-state index in [1.165, 1.54) is 18.3 Å². The van der Waals surface area contributed by atoms with Crippen molar-refractivity contribution >= 4 is 11.0 Å². The Balaban J connectivity index is 0.00000960. The van der Waals surface area contributed by atoms with Crippen molar-refractivity contribution in [3.05, 3.63) is 216 Å². The third kappa shape index (κ3) is 10.2. The summed E-state index contributed by atoms with van der Waals surface area (Å²) in [6.45, 7) is 0.435. The zero-order valence-electron chi connectivity index (χ0n) is 58.3. The van der Waals surface area contributed by atoms with E-state index in [0.717, 1.165) is 22.3 Å². The van der Waals surface area contributed by atoms with Crippen LogP contribution in [0.25, 0.3) is 95.0 Å². The maximum absolute atomic E-state index is 12.6. The summed E-state index contributed by atoms with van der Waals surface area (Å²) in [5.41, 5.74) is 5.16. The van der Waals surface area contributed by atoms with Crippen molar-refractivity contribution in [3.63, 3.8) is 0 Å². The van der Waals surface area contributed by atoms with Crippen LogP contribution in [0.4, 0.5) is 0 Å². The van der Waals surface area contributed by atoms with Crippen LogP contribution in [0.15, 0.2) is 182 Å². The molecule has 0 saturated carbocycles. The minimum Gasteiger partial charge on any atom is -0.507 e. The van der Waals surface area contributed by atoms with E-state index >= 15 is 0 Å². The average Bonchev–Trinajstić information content (AvgIpc) is 2.21. The van der Waals surface area contributed by atoms with Gasteiger partial charge in [-0.3, -0.25) is 9.55 Å². The van der Waals surface area contributed by atoms with Gasteiger partial charge < -0.3 is 5.11 Å². The number of pyridine rings is 1. The van der Waals surface area contributed by atoms with E-state index in [1.807, 2.05) is 140 Å². The fraction of sp³-hybridized carbons (Fsp3) is 0.217. The van der Waals surface area contributed by atoms with Crippen molar-refractivity contribution in [1.82, 2.24) is 14.5 Å². The van der Waals surface area contributed by atoms with Crippen LogP contribution in [0.2, 0.25) is 0 Å². The zero-order valence-corrected chi connectivity index (χ0v) is 44.5. The molecule has 8 aromatic carbocycles. The van der Waals surface area contributed by atoms with E-state index in [0.29, 0.717) is 72.6 Å². The van der Waals surface area contributed by atoms with Crippen molar-refractivity contribution in [2.45, 2.75) is 98.5 Å². The van der Waals surface area contributed by atoms with E-state index in [2.05, 4.69) is 52.8 Å². The van der Waals surface area contributed by atoms with Crippen LogP contribution >= 0.6 is 0 Å². The number of phenolic OH excluding ortho intramolecular Hbond substituents is 1. The molecule has 0 amide bonds. The summed E-state index contributed by atoms with van der Waals surface area (Å²) < 4.78 is 141. The molecule has 1 N–H and O–H groups in total. The molecule has 0 spiro atoms. The molecule has 4 nitrogen and oxygen atoms in total. The maximum atomic E-state index is 12.6. The van der Waals surface area contributed by atoms with Crippen LogP contribution in [0, 0.1) is 12.9 Å². The number of rotatable bonds is 10. The molecule has 5 heteroatoms. The first-order valence-corrected chi connectivity index (χ1v) is 24.5. The molecule has 2 heterocycles. The number of benzene rings is 8. The molecule has 0 atom stereocenters. The van der Waals surface area contributed by atoms with Crippen LogP contribution in [-0.4, -0.2) is 19.6 Å². The van der Waals surface area contributed by atoms with Gasteiger partial charge in [0.2, 0.25) is 0 Å². The molecule has 0 saturated heterocycles. The van der Waals surface area contributed by atoms with Crippen molar-refractivity contribution < 1.29 is 48.1 Å². The van der Waals surface area contributed by atoms with Crippen LogP contribution in [0.5, 0.6) is 5.75 Å². The predicted molar refractivity (Wildman–Crippen MR) is 308 cm³/mol. The van der Waals surface area contributed by atoms with Gasteiger partial charge in [-0.05, 0) is 121 Å². The predicted octanol–water partition coefficient (Wildman–Crippen LogP) is 18.7. The van der Waals surface area contributed by atoms with Crippen molar-refractivity contribution in [1.29, 1.82) is 0 Å². The van der Waals surface area contributed by atoms with E-state index < -0.39 is 62.6 Å². The SMILES string of the molecule is [2H]c1c([2H])c(C(C([2H])([2H])[2H])(C([2H])([2H])[2H])C([2H])([2H])[2H])c([2H])c([2H])c1-c1ccnc(-c2[c-]c(-c3cccc4c3nc(-c3cc(C(C)C)cc(C(C)C)c3O)n4-c3cc(C([2H])([2H])[2H])c(-c4ccccc4)cc3-c3ccc(C(C)(C)C)cc3)cc(-c3ccccc3)c2)c1.[Pt]. The van der Waals surface area contributed by atoms with Gasteiger partial charge in [0, 0.05) is 55.0 Å². The van der Waals surface area contributed by atoms with Gasteiger partial charge in [0.15, 0.2) is 0 Å². The van der Waals surface area contributed by atoms with Gasteiger partial charge in [0.1, 0.15) is 11.6 Å². The molecule has 0 bridgehead atoms. The van der Waals surface area contributed by atoms with E-state index in [-0.39, 0.29) is 66.4 Å².